The summed E-state index contributed by atoms with van der Waals surface area (Å²) in [7, 11) is 0. The van der Waals surface area contributed by atoms with Gasteiger partial charge in [0.05, 0.1) is 6.54 Å². The quantitative estimate of drug-likeness (QED) is 0.359. The van der Waals surface area contributed by atoms with E-state index >= 15 is 0 Å². The molecule has 0 aromatic carbocycles. The lowest BCUT2D eigenvalue weighted by Gasteiger charge is -2.56. The zero-order chi connectivity index (χ0) is 21.6. The van der Waals surface area contributed by atoms with Crippen LogP contribution in [-0.4, -0.2) is 28.4 Å². The Balaban J connectivity index is 1.44. The largest absolute Gasteiger partial charge is 0.477 e. The number of carboxylic acids is 1. The van der Waals surface area contributed by atoms with Gasteiger partial charge in [0.1, 0.15) is 5.70 Å². The number of rotatable bonds is 5. The summed E-state index contributed by atoms with van der Waals surface area (Å²) >= 11 is 0. The van der Waals surface area contributed by atoms with E-state index in [-0.39, 0.29) is 29.4 Å². The Morgan fingerprint density at radius 2 is 1.80 bits per heavy atom. The monoisotopic (exact) mass is 417 g/mol. The number of carbonyl (C=O) groups excluding carboxylic acids is 1. The van der Waals surface area contributed by atoms with E-state index in [1.165, 1.54) is 38.5 Å². The summed E-state index contributed by atoms with van der Waals surface area (Å²) in [5.74, 6) is 9.87. The fourth-order valence-electron chi connectivity index (χ4n) is 8.19. The lowest BCUT2D eigenvalue weighted by Crippen LogP contribution is -2.50. The van der Waals surface area contributed by atoms with Crippen molar-refractivity contribution < 1.29 is 14.7 Å². The van der Waals surface area contributed by atoms with Crippen LogP contribution in [0.25, 0.3) is 0 Å². The van der Waals surface area contributed by atoms with Crippen molar-refractivity contribution >= 4 is 11.8 Å². The first-order chi connectivity index (χ1) is 14.2. The first-order valence-electron chi connectivity index (χ1n) is 11.9. The highest BCUT2D eigenvalue weighted by molar-refractivity contribution is 5.86. The number of fused-ring (bicyclic) bond motifs is 5. The lowest BCUT2D eigenvalue weighted by molar-refractivity contribution is -0.133. The minimum Gasteiger partial charge on any atom is -0.477 e. The molecule has 4 rings (SSSR count). The molecule has 0 bridgehead atoms. The van der Waals surface area contributed by atoms with E-state index in [1.807, 2.05) is 0 Å². The number of aliphatic carboxylic acids is 1. The van der Waals surface area contributed by atoms with Gasteiger partial charge in [0.25, 0.3) is 0 Å². The first kappa shape index (κ1) is 21.7. The Morgan fingerprint density at radius 3 is 2.53 bits per heavy atom. The molecule has 4 aliphatic rings. The SMILES string of the molecule is CC1CCC2C(CCC3C2CCC2(C)C(C(=O)CN(N)/C=C(\N)C(=O)O)CCC32)C1. The van der Waals surface area contributed by atoms with Crippen LogP contribution in [0.15, 0.2) is 11.9 Å². The third-order valence-electron chi connectivity index (χ3n) is 9.50. The van der Waals surface area contributed by atoms with E-state index in [1.54, 1.807) is 0 Å². The predicted molar refractivity (Wildman–Crippen MR) is 116 cm³/mol. The zero-order valence-electron chi connectivity index (χ0n) is 18.6. The molecule has 5 N–H and O–H groups in total. The number of hydrogen-bond donors (Lipinski definition) is 3. The second kappa shape index (κ2) is 8.18. The Morgan fingerprint density at radius 1 is 1.07 bits per heavy atom. The van der Waals surface area contributed by atoms with Gasteiger partial charge in [-0.3, -0.25) is 4.79 Å². The van der Waals surface area contributed by atoms with E-state index in [9.17, 15) is 9.59 Å². The lowest BCUT2D eigenvalue weighted by atomic mass is 9.49. The van der Waals surface area contributed by atoms with Gasteiger partial charge in [0.15, 0.2) is 5.78 Å². The maximum absolute atomic E-state index is 13.2. The number of nitrogens with zero attached hydrogens (tertiary/aromatic N) is 1. The Labute approximate surface area is 180 Å². The second-order valence-electron chi connectivity index (χ2n) is 11.1. The molecule has 0 heterocycles. The van der Waals surface area contributed by atoms with Crippen LogP contribution in [0.4, 0.5) is 0 Å². The first-order valence-corrected chi connectivity index (χ1v) is 11.9. The molecule has 4 fully saturated rings. The summed E-state index contributed by atoms with van der Waals surface area (Å²) in [5, 5.41) is 10.1. The molecule has 6 heteroatoms. The van der Waals surface area contributed by atoms with Gasteiger partial charge in [-0.05, 0) is 92.3 Å². The molecule has 30 heavy (non-hydrogen) atoms. The van der Waals surface area contributed by atoms with Gasteiger partial charge in [0, 0.05) is 12.1 Å². The molecule has 6 nitrogen and oxygen atoms in total. The normalized spacial score (nSPS) is 43.3. The highest BCUT2D eigenvalue weighted by atomic mass is 16.4. The Hall–Kier alpha value is -1.56. The van der Waals surface area contributed by atoms with E-state index in [0.717, 1.165) is 60.1 Å². The third kappa shape index (κ3) is 3.76. The highest BCUT2D eigenvalue weighted by Gasteiger charge is 2.58. The molecule has 0 aromatic heterocycles. The average Bonchev–Trinajstić information content (AvgIpc) is 3.04. The molecule has 0 spiro atoms. The van der Waals surface area contributed by atoms with Crippen molar-refractivity contribution in [2.75, 3.05) is 6.54 Å². The van der Waals surface area contributed by atoms with Crippen molar-refractivity contribution in [3.63, 3.8) is 0 Å². The number of ketones is 1. The van der Waals surface area contributed by atoms with Gasteiger partial charge in [-0.25, -0.2) is 10.6 Å². The number of nitrogens with two attached hydrogens (primary N) is 2. The fraction of sp³-hybridized carbons (Fsp3) is 0.833. The summed E-state index contributed by atoms with van der Waals surface area (Å²) in [5.41, 5.74) is 5.16. The molecule has 4 saturated carbocycles. The van der Waals surface area contributed by atoms with Crippen LogP contribution < -0.4 is 11.6 Å². The summed E-state index contributed by atoms with van der Waals surface area (Å²) in [6, 6.07) is 0. The summed E-state index contributed by atoms with van der Waals surface area (Å²) in [6.07, 6.45) is 12.6. The number of hydrogen-bond acceptors (Lipinski definition) is 5. The molecule has 0 aromatic rings. The topological polar surface area (TPSA) is 110 Å². The van der Waals surface area contributed by atoms with E-state index in [0.29, 0.717) is 5.92 Å². The molecule has 8 atom stereocenters. The summed E-state index contributed by atoms with van der Waals surface area (Å²) in [6.45, 7) is 4.80. The molecule has 4 aliphatic carbocycles. The van der Waals surface area contributed by atoms with Crippen LogP contribution in [-0.2, 0) is 9.59 Å². The van der Waals surface area contributed by atoms with Crippen LogP contribution >= 0.6 is 0 Å². The van der Waals surface area contributed by atoms with Crippen molar-refractivity contribution in [3.05, 3.63) is 11.9 Å². The number of carbonyl (C=O) groups is 2. The fourth-order valence-corrected chi connectivity index (χ4v) is 8.19. The maximum atomic E-state index is 13.2. The number of carboxylic acid groups (broad SMARTS) is 1. The maximum Gasteiger partial charge on any atom is 0.353 e. The van der Waals surface area contributed by atoms with Crippen LogP contribution in [0.5, 0.6) is 0 Å². The highest BCUT2D eigenvalue weighted by Crippen LogP contribution is 2.64. The molecule has 8 unspecified atom stereocenters. The van der Waals surface area contributed by atoms with Gasteiger partial charge < -0.3 is 15.8 Å². The Kier molecular flexibility index (Phi) is 5.90. The van der Waals surface area contributed by atoms with Gasteiger partial charge >= 0.3 is 5.97 Å². The van der Waals surface area contributed by atoms with Gasteiger partial charge in [-0.15, -0.1) is 0 Å². The van der Waals surface area contributed by atoms with Crippen LogP contribution in [0, 0.1) is 46.8 Å². The van der Waals surface area contributed by atoms with Crippen LogP contribution in [0.3, 0.4) is 0 Å². The van der Waals surface area contributed by atoms with Crippen LogP contribution in [0.1, 0.15) is 71.6 Å². The average molecular weight is 418 g/mol. The summed E-state index contributed by atoms with van der Waals surface area (Å²) in [4.78, 5) is 24.1. The van der Waals surface area contributed by atoms with E-state index in [2.05, 4.69) is 13.8 Å². The number of Topliss-reactive ketones (excluding diaryl/α,β-unsaturated/α-hetero) is 1. The zero-order valence-corrected chi connectivity index (χ0v) is 18.6. The van der Waals surface area contributed by atoms with E-state index in [4.69, 9.17) is 16.7 Å². The Bertz CT molecular complexity index is 722. The third-order valence-corrected chi connectivity index (χ3v) is 9.50. The molecule has 0 radical (unpaired) electrons. The van der Waals surface area contributed by atoms with Crippen molar-refractivity contribution in [2.45, 2.75) is 71.6 Å². The number of hydrazine groups is 1. The predicted octanol–water partition coefficient (Wildman–Crippen LogP) is 3.52. The smallest absolute Gasteiger partial charge is 0.353 e. The molecular formula is C24H39N3O3. The minimum absolute atomic E-state index is 0.0254. The molecule has 0 aliphatic heterocycles. The standard InChI is InChI=1S/C24H39N3O3/c1-14-3-5-16-15(11-14)4-6-18-17(16)9-10-24(2)19(18)7-8-20(24)22(28)13-27(26)12-21(25)23(29)30/h12,14-20H,3-11,13,25-26H2,1-2H3,(H,29,30)/b21-12-. The van der Waals surface area contributed by atoms with Crippen molar-refractivity contribution in [1.82, 2.24) is 5.01 Å². The van der Waals surface area contributed by atoms with E-state index < -0.39 is 5.97 Å². The molecule has 168 valence electrons. The summed E-state index contributed by atoms with van der Waals surface area (Å²) < 4.78 is 0. The van der Waals surface area contributed by atoms with Crippen LogP contribution in [0.2, 0.25) is 0 Å². The van der Waals surface area contributed by atoms with Gasteiger partial charge in [-0.2, -0.15) is 0 Å². The van der Waals surface area contributed by atoms with Gasteiger partial charge in [-0.1, -0.05) is 20.3 Å². The van der Waals surface area contributed by atoms with Gasteiger partial charge in [0.2, 0.25) is 0 Å². The van der Waals surface area contributed by atoms with Crippen molar-refractivity contribution in [3.8, 4) is 0 Å². The molecular weight excluding hydrogens is 378 g/mol. The molecule has 0 amide bonds. The van der Waals surface area contributed by atoms with Crippen molar-refractivity contribution in [1.29, 1.82) is 0 Å². The van der Waals surface area contributed by atoms with Crippen molar-refractivity contribution in [2.24, 2.45) is 58.4 Å². The minimum atomic E-state index is -1.23. The second-order valence-corrected chi connectivity index (χ2v) is 11.1. The molecule has 0 saturated heterocycles.